The van der Waals surface area contributed by atoms with Gasteiger partial charge in [0.2, 0.25) is 5.91 Å². The summed E-state index contributed by atoms with van der Waals surface area (Å²) in [5.74, 6) is 0.461. The van der Waals surface area contributed by atoms with Gasteiger partial charge < -0.3 is 15.8 Å². The van der Waals surface area contributed by atoms with Gasteiger partial charge in [-0.3, -0.25) is 4.79 Å². The van der Waals surface area contributed by atoms with Gasteiger partial charge in [-0.1, -0.05) is 13.8 Å². The molecule has 0 fully saturated rings. The number of hydrogen-bond donors (Lipinski definition) is 2. The smallest absolute Gasteiger partial charge is 0.236 e. The van der Waals surface area contributed by atoms with Crippen molar-refractivity contribution in [1.82, 2.24) is 5.32 Å². The van der Waals surface area contributed by atoms with Gasteiger partial charge in [0.15, 0.2) is 0 Å². The van der Waals surface area contributed by atoms with Crippen LogP contribution >= 0.6 is 0 Å². The molecule has 0 heterocycles. The molecule has 84 valence electrons. The molecule has 0 unspecified atom stereocenters. The lowest BCUT2D eigenvalue weighted by Gasteiger charge is -2.08. The van der Waals surface area contributed by atoms with E-state index in [0.717, 1.165) is 13.0 Å². The first kappa shape index (κ1) is 13.4. The number of nitrogens with one attached hydrogen (secondary N) is 1. The van der Waals surface area contributed by atoms with Crippen LogP contribution in [0.25, 0.3) is 0 Å². The Kier molecular flexibility index (Phi) is 7.42. The summed E-state index contributed by atoms with van der Waals surface area (Å²) in [6.45, 7) is 8.00. The standard InChI is InChI=1S/C10H22N2O2/c1-8(2)7-14-6-4-5-12-10(13)9(3)11/h8-9H,4-7,11H2,1-3H3,(H,12,13)/t9-/m0/s1. The fraction of sp³-hybridized carbons (Fsp3) is 0.900. The summed E-state index contributed by atoms with van der Waals surface area (Å²) in [6.07, 6.45) is 0.838. The minimum absolute atomic E-state index is 0.103. The Labute approximate surface area is 86.2 Å². The van der Waals surface area contributed by atoms with Crippen molar-refractivity contribution in [2.45, 2.75) is 33.2 Å². The SMILES string of the molecule is CC(C)COCCCNC(=O)[C@H](C)N. The van der Waals surface area contributed by atoms with E-state index in [4.69, 9.17) is 10.5 Å². The molecule has 0 aliphatic carbocycles. The van der Waals surface area contributed by atoms with Crippen LogP contribution in [0.3, 0.4) is 0 Å². The molecule has 0 spiro atoms. The van der Waals surface area contributed by atoms with Crippen molar-refractivity contribution in [3.63, 3.8) is 0 Å². The molecule has 4 heteroatoms. The average molecular weight is 202 g/mol. The van der Waals surface area contributed by atoms with E-state index in [1.165, 1.54) is 0 Å². The molecule has 0 bridgehead atoms. The number of nitrogens with two attached hydrogens (primary N) is 1. The molecule has 3 N–H and O–H groups in total. The second-order valence-corrected chi connectivity index (χ2v) is 3.90. The maximum atomic E-state index is 11.0. The van der Waals surface area contributed by atoms with Gasteiger partial charge in [-0.2, -0.15) is 0 Å². The van der Waals surface area contributed by atoms with Crippen molar-refractivity contribution < 1.29 is 9.53 Å². The maximum absolute atomic E-state index is 11.0. The van der Waals surface area contributed by atoms with Gasteiger partial charge in [0.25, 0.3) is 0 Å². The number of ether oxygens (including phenoxy) is 1. The van der Waals surface area contributed by atoms with Crippen molar-refractivity contribution >= 4 is 5.91 Å². The van der Waals surface area contributed by atoms with Crippen LogP contribution in [-0.2, 0) is 9.53 Å². The van der Waals surface area contributed by atoms with Crippen LogP contribution in [0.1, 0.15) is 27.2 Å². The van der Waals surface area contributed by atoms with Crippen LogP contribution < -0.4 is 11.1 Å². The van der Waals surface area contributed by atoms with Crippen LogP contribution in [0, 0.1) is 5.92 Å². The van der Waals surface area contributed by atoms with Crippen LogP contribution in [0.2, 0.25) is 0 Å². The van der Waals surface area contributed by atoms with Crippen molar-refractivity contribution in [3.8, 4) is 0 Å². The Hall–Kier alpha value is -0.610. The number of rotatable bonds is 7. The van der Waals surface area contributed by atoms with Crippen molar-refractivity contribution in [3.05, 3.63) is 0 Å². The minimum Gasteiger partial charge on any atom is -0.381 e. The molecular weight excluding hydrogens is 180 g/mol. The third-order valence-electron chi connectivity index (χ3n) is 1.63. The Morgan fingerprint density at radius 2 is 2.07 bits per heavy atom. The van der Waals surface area contributed by atoms with E-state index >= 15 is 0 Å². The molecule has 4 nitrogen and oxygen atoms in total. The Balaban J connectivity index is 3.18. The minimum atomic E-state index is -0.424. The van der Waals surface area contributed by atoms with Gasteiger partial charge in [-0.25, -0.2) is 0 Å². The molecule has 14 heavy (non-hydrogen) atoms. The van der Waals surface area contributed by atoms with E-state index in [9.17, 15) is 4.79 Å². The molecule has 0 rings (SSSR count). The summed E-state index contributed by atoms with van der Waals surface area (Å²) in [4.78, 5) is 11.0. The molecule has 0 aliphatic heterocycles. The molecule has 1 atom stereocenters. The molecule has 0 aromatic carbocycles. The summed E-state index contributed by atoms with van der Waals surface area (Å²) in [7, 11) is 0. The number of carbonyl (C=O) groups is 1. The third-order valence-corrected chi connectivity index (χ3v) is 1.63. The molecule has 0 aromatic rings. The van der Waals surface area contributed by atoms with E-state index in [2.05, 4.69) is 19.2 Å². The number of carbonyl (C=O) groups excluding carboxylic acids is 1. The molecule has 0 radical (unpaired) electrons. The lowest BCUT2D eigenvalue weighted by Crippen LogP contribution is -2.38. The highest BCUT2D eigenvalue weighted by Crippen LogP contribution is 1.92. The fourth-order valence-corrected chi connectivity index (χ4v) is 0.866. The van der Waals surface area contributed by atoms with Gasteiger partial charge in [0.1, 0.15) is 0 Å². The molecule has 1 amide bonds. The summed E-state index contributed by atoms with van der Waals surface area (Å²) in [5, 5.41) is 2.73. The van der Waals surface area contributed by atoms with Gasteiger partial charge in [0, 0.05) is 19.8 Å². The zero-order valence-corrected chi connectivity index (χ0v) is 9.38. The zero-order chi connectivity index (χ0) is 11.0. The lowest BCUT2D eigenvalue weighted by molar-refractivity contribution is -0.122. The average Bonchev–Trinajstić information content (AvgIpc) is 2.09. The number of amides is 1. The van der Waals surface area contributed by atoms with Gasteiger partial charge >= 0.3 is 0 Å². The molecule has 0 aliphatic rings. The van der Waals surface area contributed by atoms with E-state index in [-0.39, 0.29) is 5.91 Å². The second kappa shape index (κ2) is 7.76. The highest BCUT2D eigenvalue weighted by atomic mass is 16.5. The van der Waals surface area contributed by atoms with Gasteiger partial charge in [-0.05, 0) is 19.3 Å². The van der Waals surface area contributed by atoms with E-state index in [0.29, 0.717) is 19.1 Å². The summed E-state index contributed by atoms with van der Waals surface area (Å²) >= 11 is 0. The monoisotopic (exact) mass is 202 g/mol. The third kappa shape index (κ3) is 8.01. The largest absolute Gasteiger partial charge is 0.381 e. The van der Waals surface area contributed by atoms with Crippen LogP contribution in [0.15, 0.2) is 0 Å². The van der Waals surface area contributed by atoms with Crippen molar-refractivity contribution in [1.29, 1.82) is 0 Å². The molecular formula is C10H22N2O2. The first-order valence-corrected chi connectivity index (χ1v) is 5.15. The van der Waals surface area contributed by atoms with E-state index in [1.807, 2.05) is 0 Å². The van der Waals surface area contributed by atoms with Crippen LogP contribution in [0.4, 0.5) is 0 Å². The highest BCUT2D eigenvalue weighted by molar-refractivity contribution is 5.80. The first-order chi connectivity index (χ1) is 6.54. The summed E-state index contributed by atoms with van der Waals surface area (Å²) in [5.41, 5.74) is 5.37. The fourth-order valence-electron chi connectivity index (χ4n) is 0.866. The normalized spacial score (nSPS) is 12.9. The highest BCUT2D eigenvalue weighted by Gasteiger charge is 2.04. The Morgan fingerprint density at radius 1 is 1.43 bits per heavy atom. The van der Waals surface area contributed by atoms with Gasteiger partial charge in [0.05, 0.1) is 6.04 Å². The topological polar surface area (TPSA) is 64.3 Å². The van der Waals surface area contributed by atoms with E-state index in [1.54, 1.807) is 6.92 Å². The maximum Gasteiger partial charge on any atom is 0.236 e. The summed E-state index contributed by atoms with van der Waals surface area (Å²) in [6, 6.07) is -0.424. The van der Waals surface area contributed by atoms with E-state index < -0.39 is 6.04 Å². The van der Waals surface area contributed by atoms with Gasteiger partial charge in [-0.15, -0.1) is 0 Å². The lowest BCUT2D eigenvalue weighted by atomic mass is 10.2. The predicted molar refractivity (Wildman–Crippen MR) is 56.9 cm³/mol. The van der Waals surface area contributed by atoms with Crippen LogP contribution in [0.5, 0.6) is 0 Å². The molecule has 0 aromatic heterocycles. The Morgan fingerprint density at radius 3 is 2.57 bits per heavy atom. The first-order valence-electron chi connectivity index (χ1n) is 5.15. The number of hydrogen-bond acceptors (Lipinski definition) is 3. The predicted octanol–water partition coefficient (Wildman–Crippen LogP) is 0.513. The summed E-state index contributed by atoms with van der Waals surface area (Å²) < 4.78 is 5.35. The zero-order valence-electron chi connectivity index (χ0n) is 9.38. The second-order valence-electron chi connectivity index (χ2n) is 3.90. The van der Waals surface area contributed by atoms with Crippen molar-refractivity contribution in [2.24, 2.45) is 11.7 Å². The quantitative estimate of drug-likeness (QED) is 0.591. The van der Waals surface area contributed by atoms with Crippen LogP contribution in [-0.4, -0.2) is 31.7 Å². The Bertz CT molecular complexity index is 158. The molecule has 0 saturated carbocycles. The van der Waals surface area contributed by atoms with Crippen molar-refractivity contribution in [2.75, 3.05) is 19.8 Å². The molecule has 0 saturated heterocycles.